The summed E-state index contributed by atoms with van der Waals surface area (Å²) in [4.78, 5) is 34.9. The van der Waals surface area contributed by atoms with Gasteiger partial charge in [0.1, 0.15) is 12.9 Å². The highest BCUT2D eigenvalue weighted by Crippen LogP contribution is 2.24. The highest BCUT2D eigenvalue weighted by Gasteiger charge is 2.39. The average Bonchev–Trinajstić information content (AvgIpc) is 3.47. The molecule has 5 rings (SSSR count). The standard InChI is InChI=1S/C27H28ClF3N8O3/c1-35-11-4-12-36(14-13-35)25(41)20-5-2-3-6-21(20)39-17-32-23(33-39)16-38-26(42)37(15-22(40)27(29,30)31)24(34-38)18-7-9-19(28)10-8-18/h2-3,5-10,17,22,40H,4,11-16H2,1H3. The van der Waals surface area contributed by atoms with E-state index in [1.807, 2.05) is 7.05 Å². The number of aromatic nitrogens is 6. The molecular weight excluding hydrogens is 577 g/mol. The number of aliphatic hydroxyl groups is 1. The SMILES string of the molecule is CN1CCCN(C(=O)c2ccccc2-n2cnc(Cn3nc(-c4ccc(Cl)cc4)n(CC(O)C(F)(F)F)c3=O)n2)CC1. The second-order valence-corrected chi connectivity index (χ2v) is 10.4. The molecule has 11 nitrogen and oxygen atoms in total. The van der Waals surface area contributed by atoms with Gasteiger partial charge in [-0.3, -0.25) is 9.36 Å². The van der Waals surface area contributed by atoms with Crippen molar-refractivity contribution in [3.8, 4) is 17.1 Å². The number of carbonyl (C=O) groups excluding carboxylic acids is 1. The van der Waals surface area contributed by atoms with E-state index in [-0.39, 0.29) is 24.1 Å². The van der Waals surface area contributed by atoms with Gasteiger partial charge in [-0.2, -0.15) is 13.2 Å². The summed E-state index contributed by atoms with van der Waals surface area (Å²) in [6.45, 7) is 1.57. The highest BCUT2D eigenvalue weighted by molar-refractivity contribution is 6.30. The molecule has 2 aromatic carbocycles. The van der Waals surface area contributed by atoms with Gasteiger partial charge in [-0.15, -0.1) is 10.2 Å². The second-order valence-electron chi connectivity index (χ2n) is 10.0. The number of para-hydroxylation sites is 1. The molecule has 4 aromatic rings. The third kappa shape index (κ3) is 6.40. The van der Waals surface area contributed by atoms with E-state index in [1.54, 1.807) is 29.2 Å². The Labute approximate surface area is 243 Å². The Balaban J connectivity index is 1.44. The van der Waals surface area contributed by atoms with Crippen LogP contribution < -0.4 is 5.69 Å². The lowest BCUT2D eigenvalue weighted by molar-refractivity contribution is -0.207. The fourth-order valence-electron chi connectivity index (χ4n) is 4.69. The van der Waals surface area contributed by atoms with Gasteiger partial charge in [0.15, 0.2) is 17.8 Å². The topological polar surface area (TPSA) is 114 Å². The van der Waals surface area contributed by atoms with Crippen molar-refractivity contribution in [1.29, 1.82) is 0 Å². The van der Waals surface area contributed by atoms with E-state index in [1.165, 1.54) is 35.3 Å². The zero-order valence-corrected chi connectivity index (χ0v) is 23.3. The minimum absolute atomic E-state index is 0.0848. The van der Waals surface area contributed by atoms with Crippen molar-refractivity contribution >= 4 is 17.5 Å². The van der Waals surface area contributed by atoms with Crippen LogP contribution in [0.1, 0.15) is 22.6 Å². The Bertz CT molecular complexity index is 1620. The van der Waals surface area contributed by atoms with E-state index in [0.29, 0.717) is 34.9 Å². The number of rotatable bonds is 7. The Morgan fingerprint density at radius 3 is 2.52 bits per heavy atom. The van der Waals surface area contributed by atoms with Gasteiger partial charge in [-0.05, 0) is 56.4 Å². The minimum Gasteiger partial charge on any atom is -0.382 e. The molecule has 3 heterocycles. The lowest BCUT2D eigenvalue weighted by Crippen LogP contribution is -2.37. The average molecular weight is 605 g/mol. The van der Waals surface area contributed by atoms with Gasteiger partial charge < -0.3 is 14.9 Å². The van der Waals surface area contributed by atoms with E-state index in [4.69, 9.17) is 11.6 Å². The van der Waals surface area contributed by atoms with Gasteiger partial charge in [0.2, 0.25) is 0 Å². The number of carbonyl (C=O) groups is 1. The Morgan fingerprint density at radius 2 is 1.79 bits per heavy atom. The number of nitrogens with zero attached hydrogens (tertiary/aromatic N) is 8. The summed E-state index contributed by atoms with van der Waals surface area (Å²) in [7, 11) is 2.02. The van der Waals surface area contributed by atoms with Crippen LogP contribution in [0.2, 0.25) is 5.02 Å². The lowest BCUT2D eigenvalue weighted by atomic mass is 10.1. The zero-order valence-electron chi connectivity index (χ0n) is 22.6. The monoisotopic (exact) mass is 604 g/mol. The molecule has 0 saturated carbocycles. The highest BCUT2D eigenvalue weighted by atomic mass is 35.5. The fraction of sp³-hybridized carbons (Fsp3) is 0.370. The van der Waals surface area contributed by atoms with E-state index in [0.717, 1.165) is 28.8 Å². The number of alkyl halides is 3. The number of likely N-dealkylation sites (N-methyl/N-ethyl adjacent to an activating group) is 1. The van der Waals surface area contributed by atoms with Gasteiger partial charge >= 0.3 is 11.9 Å². The normalized spacial score (nSPS) is 15.5. The molecule has 1 unspecified atom stereocenters. The molecule has 42 heavy (non-hydrogen) atoms. The number of aliphatic hydroxyl groups excluding tert-OH is 1. The Morgan fingerprint density at radius 1 is 1.05 bits per heavy atom. The second kappa shape index (κ2) is 12.1. The van der Waals surface area contributed by atoms with Crippen molar-refractivity contribution in [3.05, 3.63) is 81.8 Å². The molecule has 2 aromatic heterocycles. The van der Waals surface area contributed by atoms with Crippen LogP contribution in [0.5, 0.6) is 0 Å². The molecule has 0 aliphatic carbocycles. The van der Waals surface area contributed by atoms with Crippen molar-refractivity contribution in [2.24, 2.45) is 0 Å². The third-order valence-electron chi connectivity index (χ3n) is 6.98. The molecule has 1 amide bonds. The van der Waals surface area contributed by atoms with Crippen LogP contribution in [0, 0.1) is 0 Å². The number of benzene rings is 2. The number of hydrogen-bond donors (Lipinski definition) is 1. The van der Waals surface area contributed by atoms with Crippen LogP contribution in [-0.2, 0) is 13.1 Å². The Hall–Kier alpha value is -4.01. The summed E-state index contributed by atoms with van der Waals surface area (Å²) >= 11 is 5.94. The molecule has 1 aliphatic heterocycles. The first kappa shape index (κ1) is 29.5. The first-order valence-electron chi connectivity index (χ1n) is 13.2. The molecule has 1 fully saturated rings. The maximum absolute atomic E-state index is 13.4. The first-order chi connectivity index (χ1) is 20.0. The van der Waals surface area contributed by atoms with Gasteiger partial charge in [0.05, 0.1) is 17.8 Å². The third-order valence-corrected chi connectivity index (χ3v) is 7.23. The maximum Gasteiger partial charge on any atom is 0.416 e. The summed E-state index contributed by atoms with van der Waals surface area (Å²) in [5.74, 6) is -0.0818. The van der Waals surface area contributed by atoms with E-state index < -0.39 is 24.5 Å². The quantitative estimate of drug-likeness (QED) is 0.345. The minimum atomic E-state index is -4.94. The summed E-state index contributed by atoms with van der Waals surface area (Å²) in [5.41, 5.74) is 0.370. The molecule has 0 bridgehead atoms. The number of halogens is 4. The Kier molecular flexibility index (Phi) is 8.48. The molecule has 1 N–H and O–H groups in total. The maximum atomic E-state index is 13.4. The van der Waals surface area contributed by atoms with E-state index in [9.17, 15) is 27.9 Å². The summed E-state index contributed by atoms with van der Waals surface area (Å²) in [6.07, 6.45) is -5.47. The number of amides is 1. The van der Waals surface area contributed by atoms with Crippen LogP contribution in [-0.4, -0.2) is 95.4 Å². The summed E-state index contributed by atoms with van der Waals surface area (Å²) < 4.78 is 42.6. The molecule has 0 radical (unpaired) electrons. The summed E-state index contributed by atoms with van der Waals surface area (Å²) in [5, 5.41) is 18.8. The number of hydrogen-bond acceptors (Lipinski definition) is 7. The van der Waals surface area contributed by atoms with Crippen molar-refractivity contribution in [2.75, 3.05) is 33.2 Å². The largest absolute Gasteiger partial charge is 0.416 e. The van der Waals surface area contributed by atoms with Crippen LogP contribution in [0.4, 0.5) is 13.2 Å². The zero-order chi connectivity index (χ0) is 30.0. The molecule has 15 heteroatoms. The van der Waals surface area contributed by atoms with Gasteiger partial charge in [0.25, 0.3) is 5.91 Å². The molecule has 222 valence electrons. The lowest BCUT2D eigenvalue weighted by Gasteiger charge is -2.21. The van der Waals surface area contributed by atoms with Crippen molar-refractivity contribution in [1.82, 2.24) is 38.9 Å². The van der Waals surface area contributed by atoms with Crippen LogP contribution in [0.3, 0.4) is 0 Å². The van der Waals surface area contributed by atoms with Gasteiger partial charge in [-0.25, -0.2) is 19.1 Å². The van der Waals surface area contributed by atoms with Crippen molar-refractivity contribution in [3.63, 3.8) is 0 Å². The molecule has 1 atom stereocenters. The van der Waals surface area contributed by atoms with E-state index in [2.05, 4.69) is 20.1 Å². The van der Waals surface area contributed by atoms with Crippen LogP contribution in [0.25, 0.3) is 17.1 Å². The van der Waals surface area contributed by atoms with Crippen LogP contribution in [0.15, 0.2) is 59.7 Å². The summed E-state index contributed by atoms with van der Waals surface area (Å²) in [6, 6.07) is 13.0. The van der Waals surface area contributed by atoms with Crippen molar-refractivity contribution in [2.45, 2.75) is 31.8 Å². The fourth-order valence-corrected chi connectivity index (χ4v) is 4.82. The molecule has 1 saturated heterocycles. The van der Waals surface area contributed by atoms with Gasteiger partial charge in [-0.1, -0.05) is 23.7 Å². The predicted octanol–water partition coefficient (Wildman–Crippen LogP) is 2.70. The smallest absolute Gasteiger partial charge is 0.382 e. The van der Waals surface area contributed by atoms with Crippen LogP contribution >= 0.6 is 11.6 Å². The van der Waals surface area contributed by atoms with Gasteiger partial charge in [0, 0.05) is 30.2 Å². The molecular formula is C27H28ClF3N8O3. The molecule has 0 spiro atoms. The predicted molar refractivity (Wildman–Crippen MR) is 147 cm³/mol. The van der Waals surface area contributed by atoms with E-state index >= 15 is 0 Å². The van der Waals surface area contributed by atoms with Crippen molar-refractivity contribution < 1.29 is 23.1 Å². The first-order valence-corrected chi connectivity index (χ1v) is 13.5. The molecule has 1 aliphatic rings.